The van der Waals surface area contributed by atoms with E-state index in [4.69, 9.17) is 0 Å². The van der Waals surface area contributed by atoms with E-state index in [0.717, 1.165) is 6.07 Å². The van der Waals surface area contributed by atoms with E-state index in [2.05, 4.69) is 6.92 Å². The third-order valence-corrected chi connectivity index (χ3v) is 3.15. The van der Waals surface area contributed by atoms with Gasteiger partial charge in [-0.2, -0.15) is 39.5 Å². The van der Waals surface area contributed by atoms with E-state index in [1.54, 1.807) is 0 Å². The summed E-state index contributed by atoms with van der Waals surface area (Å²) in [6.45, 7) is 3.48. The van der Waals surface area contributed by atoms with Crippen LogP contribution in [0.15, 0.2) is 24.3 Å². The van der Waals surface area contributed by atoms with Crippen molar-refractivity contribution in [2.24, 2.45) is 0 Å². The Labute approximate surface area is 126 Å². The molecule has 0 aliphatic carbocycles. The van der Waals surface area contributed by atoms with Crippen molar-refractivity contribution in [3.8, 4) is 0 Å². The van der Waals surface area contributed by atoms with Gasteiger partial charge in [-0.25, -0.2) is 0 Å². The largest absolute Gasteiger partial charge is 0.460 e. The lowest BCUT2D eigenvalue weighted by Gasteiger charge is -2.34. The number of alkyl halides is 9. The summed E-state index contributed by atoms with van der Waals surface area (Å²) in [5.74, 6) is -19.2. The maximum Gasteiger partial charge on any atom is 0.460 e. The Morgan fingerprint density at radius 2 is 1.39 bits per heavy atom. The zero-order valence-corrected chi connectivity index (χ0v) is 11.5. The molecule has 9 heteroatoms. The number of aryl methyl sites for hydroxylation is 1. The van der Waals surface area contributed by atoms with E-state index in [1.165, 1.54) is 6.07 Å². The van der Waals surface area contributed by atoms with Gasteiger partial charge in [0.15, 0.2) is 0 Å². The fourth-order valence-corrected chi connectivity index (χ4v) is 1.81. The molecule has 0 amide bonds. The van der Waals surface area contributed by atoms with Gasteiger partial charge in [0.2, 0.25) is 0 Å². The topological polar surface area (TPSA) is 0 Å². The third-order valence-electron chi connectivity index (χ3n) is 3.15. The normalized spacial score (nSPS) is 14.2. The first-order chi connectivity index (χ1) is 10.3. The van der Waals surface area contributed by atoms with Crippen molar-refractivity contribution in [3.63, 3.8) is 0 Å². The summed E-state index contributed by atoms with van der Waals surface area (Å²) in [4.78, 5) is 0. The lowest BCUT2D eigenvalue weighted by Crippen LogP contribution is -2.59. The molecule has 0 fully saturated rings. The Morgan fingerprint density at radius 3 is 1.87 bits per heavy atom. The van der Waals surface area contributed by atoms with Gasteiger partial charge in [0.25, 0.3) is 0 Å². The van der Waals surface area contributed by atoms with Crippen molar-refractivity contribution in [2.45, 2.75) is 43.2 Å². The quantitative estimate of drug-likeness (QED) is 0.571. The lowest BCUT2D eigenvalue weighted by atomic mass is 9.94. The summed E-state index contributed by atoms with van der Waals surface area (Å²) < 4.78 is 116. The van der Waals surface area contributed by atoms with Crippen LogP contribution in [0.4, 0.5) is 39.5 Å². The predicted molar refractivity (Wildman–Crippen MR) is 64.6 cm³/mol. The molecule has 131 valence electrons. The first-order valence-corrected chi connectivity index (χ1v) is 6.38. The van der Waals surface area contributed by atoms with Crippen molar-refractivity contribution in [3.05, 3.63) is 42.3 Å². The van der Waals surface area contributed by atoms with Crippen LogP contribution in [-0.2, 0) is 12.3 Å². The highest BCUT2D eigenvalue weighted by Gasteiger charge is 2.81. The summed E-state index contributed by atoms with van der Waals surface area (Å²) in [5.41, 5.74) is -1.50. The van der Waals surface area contributed by atoms with Gasteiger partial charge in [0, 0.05) is 5.56 Å². The Kier molecular flexibility index (Phi) is 5.33. The minimum atomic E-state index is -6.88. The molecule has 1 rings (SSSR count). The second-order valence-electron chi connectivity index (χ2n) is 4.88. The second-order valence-corrected chi connectivity index (χ2v) is 4.88. The van der Waals surface area contributed by atoms with Crippen LogP contribution in [0.2, 0.25) is 0 Å². The number of hydrogen-bond acceptors (Lipinski definition) is 0. The van der Waals surface area contributed by atoms with Gasteiger partial charge < -0.3 is 0 Å². The molecule has 1 radical (unpaired) electrons. The molecule has 0 bridgehead atoms. The molecule has 0 saturated carbocycles. The maximum atomic E-state index is 13.7. The zero-order chi connectivity index (χ0) is 18.1. The molecule has 0 heterocycles. The van der Waals surface area contributed by atoms with Crippen LogP contribution in [-0.4, -0.2) is 18.0 Å². The number of rotatable bonds is 6. The van der Waals surface area contributed by atoms with Crippen LogP contribution < -0.4 is 0 Å². The van der Waals surface area contributed by atoms with Gasteiger partial charge in [0.05, 0.1) is 0 Å². The molecule has 0 nitrogen and oxygen atoms in total. The van der Waals surface area contributed by atoms with Crippen molar-refractivity contribution in [1.82, 2.24) is 0 Å². The van der Waals surface area contributed by atoms with Crippen LogP contribution in [0.25, 0.3) is 0 Å². The Morgan fingerprint density at radius 1 is 0.826 bits per heavy atom. The average Bonchev–Trinajstić information content (AvgIpc) is 2.43. The van der Waals surface area contributed by atoms with E-state index in [0.29, 0.717) is 25.0 Å². The highest BCUT2D eigenvalue weighted by molar-refractivity contribution is 5.29. The van der Waals surface area contributed by atoms with Gasteiger partial charge in [-0.1, -0.05) is 31.5 Å². The Balaban J connectivity index is 3.29. The van der Waals surface area contributed by atoms with E-state index in [-0.39, 0.29) is 12.0 Å². The van der Waals surface area contributed by atoms with Crippen LogP contribution in [0.3, 0.4) is 0 Å². The maximum absolute atomic E-state index is 13.7. The minimum absolute atomic E-state index is 0.108. The van der Waals surface area contributed by atoms with Gasteiger partial charge in [-0.05, 0) is 24.5 Å². The molecular formula is C14H12F9. The highest BCUT2D eigenvalue weighted by atomic mass is 19.4. The van der Waals surface area contributed by atoms with Crippen LogP contribution in [0, 0.1) is 6.92 Å². The number of benzene rings is 1. The molecule has 0 aromatic heterocycles. The summed E-state index contributed by atoms with van der Waals surface area (Å²) in [7, 11) is 0. The van der Waals surface area contributed by atoms with E-state index in [9.17, 15) is 39.5 Å². The molecule has 0 aliphatic rings. The molecule has 0 saturated heterocycles. The van der Waals surface area contributed by atoms with Gasteiger partial charge in [-0.15, -0.1) is 0 Å². The van der Waals surface area contributed by atoms with Crippen LogP contribution in [0.1, 0.15) is 24.0 Å². The summed E-state index contributed by atoms with van der Waals surface area (Å²) in [6.07, 6.45) is -5.85. The SMILES string of the molecule is [CH2]CCCc1cccc(C(F)(F)C(F)(F)C(F)(F)C(F)(F)F)c1. The summed E-state index contributed by atoms with van der Waals surface area (Å²) in [6, 6.07) is 3.04. The molecule has 1 aromatic carbocycles. The van der Waals surface area contributed by atoms with E-state index in [1.807, 2.05) is 0 Å². The summed E-state index contributed by atoms with van der Waals surface area (Å²) in [5, 5.41) is 0. The average molecular weight is 351 g/mol. The standard InChI is InChI=1S/C14H12F9/c1-2-3-5-9-6-4-7-10(8-9)11(15,16)12(17,18)13(19,20)14(21,22)23/h4,6-8H,1-3,5H2. The summed E-state index contributed by atoms with van der Waals surface area (Å²) >= 11 is 0. The van der Waals surface area contributed by atoms with Gasteiger partial charge in [-0.3, -0.25) is 0 Å². The van der Waals surface area contributed by atoms with Gasteiger partial charge >= 0.3 is 23.9 Å². The molecule has 0 N–H and O–H groups in total. The second kappa shape index (κ2) is 6.24. The predicted octanol–water partition coefficient (Wildman–Crippen LogP) is 5.77. The number of halogens is 9. The third kappa shape index (κ3) is 3.42. The van der Waals surface area contributed by atoms with Crippen LogP contribution in [0.5, 0.6) is 0 Å². The zero-order valence-electron chi connectivity index (χ0n) is 11.5. The molecule has 0 spiro atoms. The Hall–Kier alpha value is -1.41. The molecule has 0 atom stereocenters. The van der Waals surface area contributed by atoms with E-state index < -0.39 is 29.5 Å². The molecular weight excluding hydrogens is 339 g/mol. The van der Waals surface area contributed by atoms with Crippen LogP contribution >= 0.6 is 0 Å². The number of hydrogen-bond donors (Lipinski definition) is 0. The van der Waals surface area contributed by atoms with Crippen molar-refractivity contribution >= 4 is 0 Å². The smallest absolute Gasteiger partial charge is 0.194 e. The first kappa shape index (κ1) is 19.6. The molecule has 23 heavy (non-hydrogen) atoms. The first-order valence-electron chi connectivity index (χ1n) is 6.38. The monoisotopic (exact) mass is 351 g/mol. The molecule has 1 aromatic rings. The minimum Gasteiger partial charge on any atom is -0.194 e. The fraction of sp³-hybridized carbons (Fsp3) is 0.500. The highest BCUT2D eigenvalue weighted by Crippen LogP contribution is 2.56. The lowest BCUT2D eigenvalue weighted by molar-refractivity contribution is -0.399. The van der Waals surface area contributed by atoms with Gasteiger partial charge in [0.1, 0.15) is 0 Å². The number of unbranched alkanes of at least 4 members (excludes halogenated alkanes) is 1. The van der Waals surface area contributed by atoms with Crippen molar-refractivity contribution in [2.75, 3.05) is 0 Å². The Bertz CT molecular complexity index is 531. The van der Waals surface area contributed by atoms with E-state index >= 15 is 0 Å². The molecule has 0 aliphatic heterocycles. The van der Waals surface area contributed by atoms with Crippen molar-refractivity contribution in [1.29, 1.82) is 0 Å². The molecule has 0 unspecified atom stereocenters. The van der Waals surface area contributed by atoms with Crippen molar-refractivity contribution < 1.29 is 39.5 Å². The fourth-order valence-electron chi connectivity index (χ4n) is 1.81.